The lowest BCUT2D eigenvalue weighted by molar-refractivity contribution is 0.724. The molecule has 1 aromatic heterocycles. The monoisotopic (exact) mass is 323 g/mol. The molecule has 1 fully saturated rings. The van der Waals surface area contributed by atoms with Crippen molar-refractivity contribution in [2.24, 2.45) is 0 Å². The summed E-state index contributed by atoms with van der Waals surface area (Å²) in [6, 6.07) is 2.23. The minimum absolute atomic E-state index is 0.927. The van der Waals surface area contributed by atoms with Gasteiger partial charge in [-0.05, 0) is 41.4 Å². The first-order valence-corrected chi connectivity index (χ1v) is 7.88. The molecule has 0 radical (unpaired) electrons. The normalized spacial score (nSPS) is 16.8. The lowest BCUT2D eigenvalue weighted by Crippen LogP contribution is -2.27. The van der Waals surface area contributed by atoms with Crippen LogP contribution in [0.1, 0.15) is 31.7 Å². The zero-order valence-electron chi connectivity index (χ0n) is 11.5. The second-order valence-corrected chi connectivity index (χ2v) is 5.61. The first kappa shape index (κ1) is 14.5. The van der Waals surface area contributed by atoms with Gasteiger partial charge in [0.15, 0.2) is 0 Å². The third-order valence-electron chi connectivity index (χ3n) is 3.31. The van der Waals surface area contributed by atoms with Gasteiger partial charge < -0.3 is 10.2 Å². The highest BCUT2D eigenvalue weighted by molar-refractivity contribution is 9.10. The summed E-state index contributed by atoms with van der Waals surface area (Å²) in [6.45, 7) is 6.52. The van der Waals surface area contributed by atoms with Crippen LogP contribution in [0.15, 0.2) is 22.9 Å². The maximum atomic E-state index is 4.47. The van der Waals surface area contributed by atoms with Crippen molar-refractivity contribution in [1.29, 1.82) is 0 Å². The van der Waals surface area contributed by atoms with Gasteiger partial charge >= 0.3 is 0 Å². The van der Waals surface area contributed by atoms with Crippen LogP contribution >= 0.6 is 15.9 Å². The molecule has 1 aromatic rings. The Bertz CT molecular complexity index is 423. The lowest BCUT2D eigenvalue weighted by Gasteiger charge is -2.22. The molecule has 3 nitrogen and oxygen atoms in total. The van der Waals surface area contributed by atoms with Gasteiger partial charge in [-0.2, -0.15) is 0 Å². The molecule has 0 atom stereocenters. The SMILES string of the molecule is CCC/C=C/c1cc(N2CCCNCC2)cnc1Br. The molecule has 1 saturated heterocycles. The molecule has 0 unspecified atom stereocenters. The maximum Gasteiger partial charge on any atom is 0.113 e. The van der Waals surface area contributed by atoms with E-state index in [4.69, 9.17) is 0 Å². The summed E-state index contributed by atoms with van der Waals surface area (Å²) in [5.74, 6) is 0. The highest BCUT2D eigenvalue weighted by Crippen LogP contribution is 2.23. The van der Waals surface area contributed by atoms with Crippen LogP contribution in [0, 0.1) is 0 Å². The molecule has 0 aliphatic carbocycles. The Balaban J connectivity index is 2.14. The van der Waals surface area contributed by atoms with Gasteiger partial charge in [0.25, 0.3) is 0 Å². The molecule has 4 heteroatoms. The number of aromatic nitrogens is 1. The minimum atomic E-state index is 0.927. The number of hydrogen-bond acceptors (Lipinski definition) is 3. The molecular formula is C15H22BrN3. The summed E-state index contributed by atoms with van der Waals surface area (Å²) in [5, 5.41) is 3.43. The standard InChI is InChI=1S/C15H22BrN3/c1-2-3-4-6-13-11-14(12-18-15(13)16)19-9-5-7-17-8-10-19/h4,6,11-12,17H,2-3,5,7-10H2,1H3/b6-4+. The van der Waals surface area contributed by atoms with Crippen molar-refractivity contribution in [3.8, 4) is 0 Å². The van der Waals surface area contributed by atoms with E-state index in [9.17, 15) is 0 Å². The van der Waals surface area contributed by atoms with E-state index >= 15 is 0 Å². The highest BCUT2D eigenvalue weighted by Gasteiger charge is 2.11. The first-order valence-electron chi connectivity index (χ1n) is 7.09. The molecule has 1 aliphatic heterocycles. The van der Waals surface area contributed by atoms with Gasteiger partial charge in [0.1, 0.15) is 4.60 Å². The fraction of sp³-hybridized carbons (Fsp3) is 0.533. The minimum Gasteiger partial charge on any atom is -0.369 e. The van der Waals surface area contributed by atoms with E-state index in [0.717, 1.165) is 37.2 Å². The first-order chi connectivity index (χ1) is 9.31. The van der Waals surface area contributed by atoms with Crippen LogP contribution < -0.4 is 10.2 Å². The third-order valence-corrected chi connectivity index (χ3v) is 3.97. The molecule has 2 heterocycles. The molecule has 2 rings (SSSR count). The van der Waals surface area contributed by atoms with Gasteiger partial charge in [0.05, 0.1) is 11.9 Å². The van der Waals surface area contributed by atoms with Crippen LogP contribution in [0.25, 0.3) is 6.08 Å². The molecule has 0 bridgehead atoms. The van der Waals surface area contributed by atoms with Crippen molar-refractivity contribution in [1.82, 2.24) is 10.3 Å². The van der Waals surface area contributed by atoms with Gasteiger partial charge in [0, 0.05) is 25.2 Å². The predicted octanol–water partition coefficient (Wildman–Crippen LogP) is 3.46. The van der Waals surface area contributed by atoms with E-state index in [-0.39, 0.29) is 0 Å². The summed E-state index contributed by atoms with van der Waals surface area (Å²) in [5.41, 5.74) is 2.39. The number of unbranched alkanes of at least 4 members (excludes halogenated alkanes) is 1. The van der Waals surface area contributed by atoms with Crippen molar-refractivity contribution >= 4 is 27.7 Å². The van der Waals surface area contributed by atoms with Gasteiger partial charge in [-0.1, -0.05) is 25.5 Å². The topological polar surface area (TPSA) is 28.2 Å². The van der Waals surface area contributed by atoms with Crippen molar-refractivity contribution in [3.63, 3.8) is 0 Å². The van der Waals surface area contributed by atoms with Crippen molar-refractivity contribution < 1.29 is 0 Å². The van der Waals surface area contributed by atoms with E-state index in [1.165, 1.54) is 24.1 Å². The number of halogens is 1. The molecular weight excluding hydrogens is 302 g/mol. The molecule has 1 aliphatic rings. The van der Waals surface area contributed by atoms with Crippen LogP contribution in [0.3, 0.4) is 0 Å². The molecule has 0 spiro atoms. The van der Waals surface area contributed by atoms with Crippen LogP contribution in [0.2, 0.25) is 0 Å². The molecule has 0 saturated carbocycles. The number of hydrogen-bond donors (Lipinski definition) is 1. The summed E-state index contributed by atoms with van der Waals surface area (Å²) in [7, 11) is 0. The molecule has 0 aromatic carbocycles. The Morgan fingerprint density at radius 3 is 3.16 bits per heavy atom. The second-order valence-electron chi connectivity index (χ2n) is 4.86. The van der Waals surface area contributed by atoms with E-state index in [1.807, 2.05) is 6.20 Å². The Morgan fingerprint density at radius 2 is 2.32 bits per heavy atom. The van der Waals surface area contributed by atoms with Crippen LogP contribution in [0.5, 0.6) is 0 Å². The maximum absolute atomic E-state index is 4.47. The predicted molar refractivity (Wildman–Crippen MR) is 85.6 cm³/mol. The van der Waals surface area contributed by atoms with E-state index in [1.54, 1.807) is 0 Å². The lowest BCUT2D eigenvalue weighted by atomic mass is 10.2. The van der Waals surface area contributed by atoms with Crippen molar-refractivity contribution in [2.75, 3.05) is 31.1 Å². The number of allylic oxidation sites excluding steroid dienone is 1. The summed E-state index contributed by atoms with van der Waals surface area (Å²) < 4.78 is 0.927. The molecule has 1 N–H and O–H groups in total. The number of nitrogens with one attached hydrogen (secondary N) is 1. The van der Waals surface area contributed by atoms with Crippen LogP contribution in [-0.2, 0) is 0 Å². The van der Waals surface area contributed by atoms with Gasteiger partial charge in [0.2, 0.25) is 0 Å². The Kier molecular flexibility index (Phi) is 5.86. The summed E-state index contributed by atoms with van der Waals surface area (Å²) in [4.78, 5) is 6.88. The van der Waals surface area contributed by atoms with Crippen LogP contribution in [-0.4, -0.2) is 31.2 Å². The van der Waals surface area contributed by atoms with Gasteiger partial charge in [-0.3, -0.25) is 0 Å². The Morgan fingerprint density at radius 1 is 1.42 bits per heavy atom. The third kappa shape index (κ3) is 4.32. The highest BCUT2D eigenvalue weighted by atomic mass is 79.9. The van der Waals surface area contributed by atoms with Crippen molar-refractivity contribution in [2.45, 2.75) is 26.2 Å². The number of rotatable bonds is 4. The average molecular weight is 324 g/mol. The number of anilines is 1. The van der Waals surface area contributed by atoms with Gasteiger partial charge in [-0.25, -0.2) is 4.98 Å². The molecule has 0 amide bonds. The quantitative estimate of drug-likeness (QED) is 0.860. The molecule has 104 valence electrons. The number of nitrogens with zero attached hydrogens (tertiary/aromatic N) is 2. The zero-order chi connectivity index (χ0) is 13.5. The van der Waals surface area contributed by atoms with Crippen molar-refractivity contribution in [3.05, 3.63) is 28.5 Å². The van der Waals surface area contributed by atoms with Crippen LogP contribution in [0.4, 0.5) is 5.69 Å². The Labute approximate surface area is 124 Å². The smallest absolute Gasteiger partial charge is 0.113 e. The fourth-order valence-electron chi connectivity index (χ4n) is 2.22. The van der Waals surface area contributed by atoms with E-state index in [0.29, 0.717) is 0 Å². The molecule has 19 heavy (non-hydrogen) atoms. The summed E-state index contributed by atoms with van der Waals surface area (Å²) in [6.07, 6.45) is 9.84. The summed E-state index contributed by atoms with van der Waals surface area (Å²) >= 11 is 3.53. The van der Waals surface area contributed by atoms with Gasteiger partial charge in [-0.15, -0.1) is 0 Å². The largest absolute Gasteiger partial charge is 0.369 e. The average Bonchev–Trinajstić information content (AvgIpc) is 2.70. The zero-order valence-corrected chi connectivity index (χ0v) is 13.1. The number of pyridine rings is 1. The van der Waals surface area contributed by atoms with E-state index in [2.05, 4.69) is 56.3 Å². The Hall–Kier alpha value is -0.870. The fourth-order valence-corrected chi connectivity index (χ4v) is 2.57. The second kappa shape index (κ2) is 7.65. The van der Waals surface area contributed by atoms with E-state index < -0.39 is 0 Å².